The van der Waals surface area contributed by atoms with Crippen molar-refractivity contribution in [3.8, 4) is 16.9 Å². The number of unbranched alkanes of at least 4 members (excludes halogenated alkanes) is 1. The maximum absolute atomic E-state index is 12.9. The molecule has 3 aromatic carbocycles. The van der Waals surface area contributed by atoms with Crippen LogP contribution in [0.1, 0.15) is 61.4 Å². The van der Waals surface area contributed by atoms with E-state index in [4.69, 9.17) is 9.15 Å². The lowest BCUT2D eigenvalue weighted by molar-refractivity contribution is -0.111. The highest BCUT2D eigenvalue weighted by Crippen LogP contribution is 2.41. The Morgan fingerprint density at radius 2 is 1.76 bits per heavy atom. The van der Waals surface area contributed by atoms with Crippen LogP contribution in [-0.4, -0.2) is 12.5 Å². The summed E-state index contributed by atoms with van der Waals surface area (Å²) < 4.78 is 12.1. The third-order valence-corrected chi connectivity index (χ3v) is 6.82. The van der Waals surface area contributed by atoms with Crippen LogP contribution in [0, 0.1) is 20.8 Å². The van der Waals surface area contributed by atoms with Crippen molar-refractivity contribution in [3.05, 3.63) is 88.7 Å². The summed E-state index contributed by atoms with van der Waals surface area (Å²) in [5.41, 5.74) is 10.1. The van der Waals surface area contributed by atoms with Gasteiger partial charge in [-0.1, -0.05) is 49.2 Å². The fourth-order valence-corrected chi connectivity index (χ4v) is 4.85. The second-order valence-electron chi connectivity index (χ2n) is 9.77. The third-order valence-electron chi connectivity index (χ3n) is 6.82. The molecule has 4 heteroatoms. The average Bonchev–Trinajstić information content (AvgIpc) is 3.29. The molecule has 0 fully saturated rings. The van der Waals surface area contributed by atoms with E-state index in [0.29, 0.717) is 6.61 Å². The van der Waals surface area contributed by atoms with Gasteiger partial charge in [-0.05, 0) is 87.9 Å². The van der Waals surface area contributed by atoms with Crippen LogP contribution in [0.15, 0.2) is 65.3 Å². The number of rotatable bonds is 9. The van der Waals surface area contributed by atoms with E-state index in [1.807, 2.05) is 39.2 Å². The largest absolute Gasteiger partial charge is 0.493 e. The zero-order valence-electron chi connectivity index (χ0n) is 22.8. The molecule has 4 rings (SSSR count). The molecule has 0 saturated carbocycles. The number of aryl methyl sites for hydroxylation is 4. The molecule has 37 heavy (non-hydrogen) atoms. The summed E-state index contributed by atoms with van der Waals surface area (Å²) >= 11 is 0. The van der Waals surface area contributed by atoms with Crippen molar-refractivity contribution >= 4 is 28.1 Å². The number of furan rings is 1. The van der Waals surface area contributed by atoms with Gasteiger partial charge in [0.25, 0.3) is 0 Å². The van der Waals surface area contributed by atoms with Gasteiger partial charge >= 0.3 is 0 Å². The van der Waals surface area contributed by atoms with Gasteiger partial charge in [0.2, 0.25) is 5.91 Å². The Labute approximate surface area is 220 Å². The van der Waals surface area contributed by atoms with Crippen LogP contribution in [-0.2, 0) is 11.2 Å². The first-order valence-electron chi connectivity index (χ1n) is 13.2. The summed E-state index contributed by atoms with van der Waals surface area (Å²) in [5.74, 6) is 0.583. The molecule has 1 aromatic heterocycles. The molecular formula is C33H37NO3. The van der Waals surface area contributed by atoms with Crippen LogP contribution in [0.2, 0.25) is 0 Å². The van der Waals surface area contributed by atoms with Gasteiger partial charge < -0.3 is 14.5 Å². The van der Waals surface area contributed by atoms with E-state index in [-0.39, 0.29) is 5.91 Å². The van der Waals surface area contributed by atoms with Crippen molar-refractivity contribution in [1.82, 2.24) is 0 Å². The van der Waals surface area contributed by atoms with Crippen molar-refractivity contribution in [2.75, 3.05) is 11.9 Å². The van der Waals surface area contributed by atoms with Gasteiger partial charge in [0, 0.05) is 33.8 Å². The molecule has 0 aliphatic heterocycles. The number of allylic oxidation sites excluding steroid dienone is 1. The Balaban J connectivity index is 1.69. The number of carbonyl (C=O) groups excluding carboxylic acids is 1. The summed E-state index contributed by atoms with van der Waals surface area (Å²) in [6.45, 7) is 12.9. The van der Waals surface area contributed by atoms with Gasteiger partial charge in [0.15, 0.2) is 0 Å². The number of ether oxygens (including phenoxy) is 1. The molecule has 1 N–H and O–H groups in total. The SMILES string of the molecule is CCCCc1ccc(NC(=O)/C=C(\C)c2cc3c(-c4ccc(C)cc4C)coc3c(C)c2OCC)cc1. The molecular weight excluding hydrogens is 458 g/mol. The number of fused-ring (bicyclic) bond motifs is 1. The van der Waals surface area contributed by atoms with E-state index >= 15 is 0 Å². The molecule has 0 spiro atoms. The lowest BCUT2D eigenvalue weighted by atomic mass is 9.94. The number of hydrogen-bond donors (Lipinski definition) is 1. The van der Waals surface area contributed by atoms with Crippen LogP contribution < -0.4 is 10.1 Å². The predicted molar refractivity (Wildman–Crippen MR) is 154 cm³/mol. The highest BCUT2D eigenvalue weighted by molar-refractivity contribution is 6.06. The van der Waals surface area contributed by atoms with E-state index < -0.39 is 0 Å². The van der Waals surface area contributed by atoms with E-state index in [0.717, 1.165) is 56.7 Å². The van der Waals surface area contributed by atoms with Crippen LogP contribution >= 0.6 is 0 Å². The van der Waals surface area contributed by atoms with Crippen LogP contribution in [0.4, 0.5) is 5.69 Å². The summed E-state index contributed by atoms with van der Waals surface area (Å²) in [7, 11) is 0. The highest BCUT2D eigenvalue weighted by atomic mass is 16.5. The summed E-state index contributed by atoms with van der Waals surface area (Å²) in [6.07, 6.45) is 6.86. The lowest BCUT2D eigenvalue weighted by Gasteiger charge is -2.15. The summed E-state index contributed by atoms with van der Waals surface area (Å²) in [5, 5.41) is 4.01. The highest BCUT2D eigenvalue weighted by Gasteiger charge is 2.20. The Hall–Kier alpha value is -3.79. The smallest absolute Gasteiger partial charge is 0.248 e. The molecule has 0 aliphatic rings. The minimum absolute atomic E-state index is 0.166. The number of nitrogens with one attached hydrogen (secondary N) is 1. The number of amides is 1. The predicted octanol–water partition coefficient (Wildman–Crippen LogP) is 8.81. The number of carbonyl (C=O) groups is 1. The maximum Gasteiger partial charge on any atom is 0.248 e. The summed E-state index contributed by atoms with van der Waals surface area (Å²) in [6, 6.07) is 16.6. The first kappa shape index (κ1) is 26.3. The van der Waals surface area contributed by atoms with E-state index in [2.05, 4.69) is 62.5 Å². The first-order valence-corrected chi connectivity index (χ1v) is 13.2. The van der Waals surface area contributed by atoms with E-state index in [9.17, 15) is 4.79 Å². The second-order valence-corrected chi connectivity index (χ2v) is 9.77. The molecule has 0 unspecified atom stereocenters. The lowest BCUT2D eigenvalue weighted by Crippen LogP contribution is -2.09. The van der Waals surface area contributed by atoms with Gasteiger partial charge in [0.1, 0.15) is 11.3 Å². The van der Waals surface area contributed by atoms with Crippen molar-refractivity contribution in [3.63, 3.8) is 0 Å². The van der Waals surface area contributed by atoms with Gasteiger partial charge in [0.05, 0.1) is 12.9 Å². The van der Waals surface area contributed by atoms with Crippen LogP contribution in [0.25, 0.3) is 27.7 Å². The second kappa shape index (κ2) is 11.5. The molecule has 0 aliphatic carbocycles. The minimum atomic E-state index is -0.166. The normalized spacial score (nSPS) is 11.7. The standard InChI is InChI=1S/C33H37NO3/c1-7-9-10-25-12-14-26(15-13-25)34-31(35)18-23(5)28-19-29-30(27-16-11-21(3)17-22(27)4)20-37-33(29)24(6)32(28)36-8-2/h11-20H,7-10H2,1-6H3,(H,34,35)/b23-18+. The Bertz CT molecular complexity index is 1440. The van der Waals surface area contributed by atoms with Gasteiger partial charge in [-0.2, -0.15) is 0 Å². The molecule has 192 valence electrons. The molecule has 0 bridgehead atoms. The van der Waals surface area contributed by atoms with E-state index in [1.54, 1.807) is 6.08 Å². The maximum atomic E-state index is 12.9. The summed E-state index contributed by atoms with van der Waals surface area (Å²) in [4.78, 5) is 12.9. The number of hydrogen-bond acceptors (Lipinski definition) is 3. The van der Waals surface area contributed by atoms with Crippen LogP contribution in [0.3, 0.4) is 0 Å². The average molecular weight is 496 g/mol. The van der Waals surface area contributed by atoms with Crippen molar-refractivity contribution < 1.29 is 13.9 Å². The zero-order valence-corrected chi connectivity index (χ0v) is 22.8. The first-order chi connectivity index (χ1) is 17.8. The quantitative estimate of drug-likeness (QED) is 0.236. The van der Waals surface area contributed by atoms with Gasteiger partial charge in [-0.25, -0.2) is 0 Å². The molecule has 0 atom stereocenters. The Morgan fingerprint density at radius 3 is 2.43 bits per heavy atom. The number of benzene rings is 3. The Kier molecular flexibility index (Phi) is 8.17. The fourth-order valence-electron chi connectivity index (χ4n) is 4.85. The topological polar surface area (TPSA) is 51.5 Å². The van der Waals surface area contributed by atoms with Crippen molar-refractivity contribution in [1.29, 1.82) is 0 Å². The molecule has 1 amide bonds. The Morgan fingerprint density at radius 1 is 1.00 bits per heavy atom. The van der Waals surface area contributed by atoms with Crippen molar-refractivity contribution in [2.24, 2.45) is 0 Å². The number of anilines is 1. The minimum Gasteiger partial charge on any atom is -0.493 e. The van der Waals surface area contributed by atoms with Gasteiger partial charge in [-0.15, -0.1) is 0 Å². The van der Waals surface area contributed by atoms with Crippen molar-refractivity contribution in [2.45, 2.75) is 60.8 Å². The molecule has 4 nitrogen and oxygen atoms in total. The van der Waals surface area contributed by atoms with Crippen LogP contribution in [0.5, 0.6) is 5.75 Å². The molecule has 4 aromatic rings. The molecule has 1 heterocycles. The van der Waals surface area contributed by atoms with Gasteiger partial charge in [-0.3, -0.25) is 4.79 Å². The third kappa shape index (κ3) is 5.80. The molecule has 0 radical (unpaired) electrons. The zero-order chi connectivity index (χ0) is 26.5. The van der Waals surface area contributed by atoms with E-state index in [1.165, 1.54) is 29.5 Å². The monoisotopic (exact) mass is 495 g/mol. The fraction of sp³-hybridized carbons (Fsp3) is 0.303. The molecule has 0 saturated heterocycles.